The Balaban J connectivity index is 1.38. The predicted octanol–water partition coefficient (Wildman–Crippen LogP) is 5.99. The highest BCUT2D eigenvalue weighted by Crippen LogP contribution is 2.32. The summed E-state index contributed by atoms with van der Waals surface area (Å²) in [5, 5.41) is 9.54. The summed E-state index contributed by atoms with van der Waals surface area (Å²) in [6.45, 7) is 0.829. The van der Waals surface area contributed by atoms with E-state index >= 15 is 0 Å². The number of methoxy groups -OCH3 is 1. The number of rotatable bonds is 8. The average molecular weight is 555 g/mol. The van der Waals surface area contributed by atoms with Crippen molar-refractivity contribution in [3.8, 4) is 11.5 Å². The van der Waals surface area contributed by atoms with Crippen LogP contribution in [0.5, 0.6) is 11.5 Å². The summed E-state index contributed by atoms with van der Waals surface area (Å²) in [7, 11) is 1.65. The van der Waals surface area contributed by atoms with Gasteiger partial charge in [-0.25, -0.2) is 9.98 Å². The molecule has 0 aliphatic carbocycles. The third-order valence-corrected chi connectivity index (χ3v) is 6.45. The summed E-state index contributed by atoms with van der Waals surface area (Å²) in [6, 6.07) is 20.2. The molecule has 1 heterocycles. The van der Waals surface area contributed by atoms with Gasteiger partial charge in [-0.2, -0.15) is 5.10 Å². The molecule has 0 atom stereocenters. The van der Waals surface area contributed by atoms with Crippen LogP contribution in [0.1, 0.15) is 17.5 Å². The van der Waals surface area contributed by atoms with Crippen molar-refractivity contribution in [3.63, 3.8) is 0 Å². The number of hydrogen-bond acceptors (Lipinski definition) is 6. The Kier molecular flexibility index (Phi) is 9.21. The Morgan fingerprint density at radius 2 is 1.77 bits per heavy atom. The van der Waals surface area contributed by atoms with Gasteiger partial charge in [-0.3, -0.25) is 0 Å². The zero-order valence-electron chi connectivity index (χ0n) is 20.9. The molecule has 0 aromatic heterocycles. The molecule has 0 spiro atoms. The summed E-state index contributed by atoms with van der Waals surface area (Å²) < 4.78 is 46.1. The number of ether oxygens (including phenoxy) is 2. The van der Waals surface area contributed by atoms with E-state index in [4.69, 9.17) is 10.5 Å². The van der Waals surface area contributed by atoms with Gasteiger partial charge >= 0.3 is 6.36 Å². The first-order valence-corrected chi connectivity index (χ1v) is 12.8. The first kappa shape index (κ1) is 27.7. The van der Waals surface area contributed by atoms with Crippen LogP contribution < -0.4 is 20.1 Å². The molecular weight excluding hydrogens is 529 g/mol. The fourth-order valence-electron chi connectivity index (χ4n) is 3.57. The van der Waals surface area contributed by atoms with Crippen LogP contribution in [0, 0.1) is 0 Å². The maximum atomic E-state index is 12.3. The van der Waals surface area contributed by atoms with Crippen molar-refractivity contribution in [2.24, 2.45) is 25.9 Å². The summed E-state index contributed by atoms with van der Waals surface area (Å²) in [4.78, 5) is 10.3. The lowest BCUT2D eigenvalue weighted by atomic mass is 10.1. The maximum Gasteiger partial charge on any atom is 0.573 e. The molecule has 0 saturated carbocycles. The van der Waals surface area contributed by atoms with Crippen molar-refractivity contribution < 1.29 is 22.6 Å². The Hall–Kier alpha value is -4.32. The molecule has 3 aromatic rings. The fraction of sp³-hybridized carbons (Fsp3) is 0.185. The van der Waals surface area contributed by atoms with E-state index in [-0.39, 0.29) is 11.6 Å². The summed E-state index contributed by atoms with van der Waals surface area (Å²) in [5.74, 6) is 1.65. The molecule has 8 nitrogen and oxygen atoms in total. The standard InChI is InChI=1S/C27H25F3N6O2S/c1-37-24-6-3-2-5-23(24)36-15-4-16-39-26(36)35-34-17-19-7-9-20(10-8-19)25(31)33-18-32-21-11-13-22(14-12-21)38-27(28,29)30/h2-3,5-14,17-18H,4,15-16H2,1H3,(H2,31,32,33)/b34-17-,35-26+. The third-order valence-electron chi connectivity index (χ3n) is 5.39. The normalized spacial score (nSPS) is 15.8. The van der Waals surface area contributed by atoms with Gasteiger partial charge in [0.15, 0.2) is 5.17 Å². The maximum absolute atomic E-state index is 12.3. The molecule has 12 heteroatoms. The topological polar surface area (TPSA) is 97.2 Å². The van der Waals surface area contributed by atoms with Gasteiger partial charge in [0.2, 0.25) is 0 Å². The minimum absolute atomic E-state index is 0.227. The number of benzene rings is 3. The van der Waals surface area contributed by atoms with Crippen molar-refractivity contribution in [2.75, 3.05) is 24.3 Å². The first-order valence-electron chi connectivity index (χ1n) is 11.8. The van der Waals surface area contributed by atoms with Crippen LogP contribution in [0.25, 0.3) is 0 Å². The van der Waals surface area contributed by atoms with Crippen LogP contribution in [0.15, 0.2) is 93.0 Å². The number of thioether (sulfide) groups is 1. The van der Waals surface area contributed by atoms with Gasteiger partial charge in [0, 0.05) is 17.9 Å². The quantitative estimate of drug-likeness (QED) is 0.210. The minimum Gasteiger partial charge on any atom is -0.495 e. The number of anilines is 1. The van der Waals surface area contributed by atoms with Crippen molar-refractivity contribution in [1.29, 1.82) is 0 Å². The second kappa shape index (κ2) is 13.0. The summed E-state index contributed by atoms with van der Waals surface area (Å²) in [6.07, 6.45) is -0.821. The van der Waals surface area contributed by atoms with E-state index in [1.165, 1.54) is 30.6 Å². The second-order valence-corrected chi connectivity index (χ2v) is 9.14. The number of para-hydroxylation sites is 2. The van der Waals surface area contributed by atoms with E-state index in [1.807, 2.05) is 36.4 Å². The molecule has 3 aromatic carbocycles. The Labute approximate surface area is 227 Å². The van der Waals surface area contributed by atoms with Gasteiger partial charge in [0.05, 0.1) is 24.7 Å². The van der Waals surface area contributed by atoms with E-state index in [0.29, 0.717) is 11.3 Å². The highest BCUT2D eigenvalue weighted by molar-refractivity contribution is 8.14. The predicted molar refractivity (Wildman–Crippen MR) is 151 cm³/mol. The lowest BCUT2D eigenvalue weighted by molar-refractivity contribution is -0.274. The van der Waals surface area contributed by atoms with Crippen LogP contribution in [0.3, 0.4) is 0 Å². The van der Waals surface area contributed by atoms with Crippen LogP contribution in [0.4, 0.5) is 24.5 Å². The van der Waals surface area contributed by atoms with Crippen molar-refractivity contribution in [1.82, 2.24) is 0 Å². The minimum atomic E-state index is -4.74. The van der Waals surface area contributed by atoms with Crippen LogP contribution in [-0.4, -0.2) is 49.3 Å². The molecule has 0 unspecified atom stereocenters. The Bertz CT molecular complexity index is 1370. The average Bonchev–Trinajstić information content (AvgIpc) is 2.94. The molecule has 1 aliphatic rings. The number of alkyl halides is 3. The lowest BCUT2D eigenvalue weighted by Crippen LogP contribution is -2.34. The van der Waals surface area contributed by atoms with E-state index in [2.05, 4.69) is 29.8 Å². The Morgan fingerprint density at radius 1 is 1.03 bits per heavy atom. The molecule has 202 valence electrons. The van der Waals surface area contributed by atoms with E-state index in [1.54, 1.807) is 37.2 Å². The first-order chi connectivity index (χ1) is 18.8. The van der Waals surface area contributed by atoms with Crippen molar-refractivity contribution in [3.05, 3.63) is 83.9 Å². The van der Waals surface area contributed by atoms with E-state index in [0.717, 1.165) is 40.9 Å². The van der Waals surface area contributed by atoms with Gasteiger partial charge in [-0.1, -0.05) is 48.2 Å². The number of aliphatic imine (C=N–C) groups is 2. The molecule has 2 N–H and O–H groups in total. The SMILES string of the molecule is COc1ccccc1N1CCCS/C1=N/N=C\c1ccc(C(N)=NC=Nc2ccc(OC(F)(F)F)cc2)cc1. The molecule has 1 aliphatic heterocycles. The van der Waals surface area contributed by atoms with Crippen LogP contribution >= 0.6 is 11.8 Å². The molecule has 0 bridgehead atoms. The van der Waals surface area contributed by atoms with Gasteiger partial charge < -0.3 is 20.1 Å². The molecule has 1 saturated heterocycles. The number of nitrogens with zero attached hydrogens (tertiary/aromatic N) is 5. The monoisotopic (exact) mass is 554 g/mol. The lowest BCUT2D eigenvalue weighted by Gasteiger charge is -2.29. The molecule has 1 fully saturated rings. The third kappa shape index (κ3) is 8.08. The van der Waals surface area contributed by atoms with Crippen LogP contribution in [0.2, 0.25) is 0 Å². The van der Waals surface area contributed by atoms with Gasteiger partial charge in [-0.15, -0.1) is 18.3 Å². The summed E-state index contributed by atoms with van der Waals surface area (Å²) in [5.41, 5.74) is 8.89. The number of halogens is 3. The zero-order chi connectivity index (χ0) is 27.7. The second-order valence-electron chi connectivity index (χ2n) is 8.08. The molecule has 4 rings (SSSR count). The zero-order valence-corrected chi connectivity index (χ0v) is 21.7. The van der Waals surface area contributed by atoms with E-state index in [9.17, 15) is 13.2 Å². The van der Waals surface area contributed by atoms with E-state index < -0.39 is 6.36 Å². The molecular formula is C27H25F3N6O2S. The van der Waals surface area contributed by atoms with Crippen molar-refractivity contribution >= 4 is 46.7 Å². The molecule has 0 radical (unpaired) electrons. The molecule has 39 heavy (non-hydrogen) atoms. The van der Waals surface area contributed by atoms with Gasteiger partial charge in [-0.05, 0) is 48.4 Å². The smallest absolute Gasteiger partial charge is 0.495 e. The number of amidine groups is 2. The van der Waals surface area contributed by atoms with Gasteiger partial charge in [0.25, 0.3) is 0 Å². The largest absolute Gasteiger partial charge is 0.573 e. The molecule has 0 amide bonds. The summed E-state index contributed by atoms with van der Waals surface area (Å²) >= 11 is 1.65. The van der Waals surface area contributed by atoms with Crippen molar-refractivity contribution in [2.45, 2.75) is 12.8 Å². The van der Waals surface area contributed by atoms with Gasteiger partial charge in [0.1, 0.15) is 23.7 Å². The fourth-order valence-corrected chi connectivity index (χ4v) is 4.48. The van der Waals surface area contributed by atoms with Crippen LogP contribution in [-0.2, 0) is 0 Å². The Morgan fingerprint density at radius 3 is 2.49 bits per heavy atom. The number of hydrogen-bond donors (Lipinski definition) is 1. The highest BCUT2D eigenvalue weighted by Gasteiger charge is 2.31. The number of nitrogens with two attached hydrogens (primary N) is 1. The highest BCUT2D eigenvalue weighted by atomic mass is 32.2.